The standard InChI is InChI=1S/C17H17N3O/c1-10-4-6-14(8-11(10)2)20-17(21)13-5-7-15-16(9-13)19-12(3)18-15/h4-9H,1-3H3,(H,18,19)(H,20,21). The lowest BCUT2D eigenvalue weighted by atomic mass is 10.1. The molecule has 0 saturated heterocycles. The molecule has 0 radical (unpaired) electrons. The smallest absolute Gasteiger partial charge is 0.255 e. The van der Waals surface area contributed by atoms with E-state index in [1.807, 2.05) is 44.2 Å². The van der Waals surface area contributed by atoms with Gasteiger partial charge in [-0.1, -0.05) is 6.07 Å². The molecule has 0 unspecified atom stereocenters. The number of nitrogens with zero attached hydrogens (tertiary/aromatic N) is 1. The highest BCUT2D eigenvalue weighted by Gasteiger charge is 2.09. The maximum Gasteiger partial charge on any atom is 0.255 e. The molecule has 4 heteroatoms. The van der Waals surface area contributed by atoms with Gasteiger partial charge in [-0.3, -0.25) is 4.79 Å². The molecule has 1 amide bonds. The van der Waals surface area contributed by atoms with Crippen LogP contribution in [0.5, 0.6) is 0 Å². The van der Waals surface area contributed by atoms with Crippen LogP contribution < -0.4 is 5.32 Å². The number of fused-ring (bicyclic) bond motifs is 1. The first-order chi connectivity index (χ1) is 10.0. The number of nitrogens with one attached hydrogen (secondary N) is 2. The minimum Gasteiger partial charge on any atom is -0.342 e. The molecule has 0 aliphatic heterocycles. The fourth-order valence-corrected chi connectivity index (χ4v) is 2.30. The number of anilines is 1. The number of H-pyrrole nitrogens is 1. The number of aromatic amines is 1. The van der Waals surface area contributed by atoms with E-state index < -0.39 is 0 Å². The molecule has 0 saturated carbocycles. The molecule has 1 heterocycles. The van der Waals surface area contributed by atoms with Crippen LogP contribution >= 0.6 is 0 Å². The number of imidazole rings is 1. The number of hydrogen-bond acceptors (Lipinski definition) is 2. The molecular formula is C17H17N3O. The maximum atomic E-state index is 12.3. The molecule has 3 aromatic rings. The fraction of sp³-hybridized carbons (Fsp3) is 0.176. The first-order valence-corrected chi connectivity index (χ1v) is 6.88. The van der Waals surface area contributed by atoms with Crippen molar-refractivity contribution in [2.45, 2.75) is 20.8 Å². The van der Waals surface area contributed by atoms with Crippen molar-refractivity contribution in [1.82, 2.24) is 9.97 Å². The number of aromatic nitrogens is 2. The summed E-state index contributed by atoms with van der Waals surface area (Å²) in [7, 11) is 0. The van der Waals surface area contributed by atoms with Gasteiger partial charge < -0.3 is 10.3 Å². The van der Waals surface area contributed by atoms with Gasteiger partial charge in [0.1, 0.15) is 5.82 Å². The van der Waals surface area contributed by atoms with Crippen molar-refractivity contribution in [3.05, 3.63) is 58.9 Å². The van der Waals surface area contributed by atoms with Gasteiger partial charge in [0.15, 0.2) is 0 Å². The highest BCUT2D eigenvalue weighted by Crippen LogP contribution is 2.17. The number of carbonyl (C=O) groups excluding carboxylic acids is 1. The Kier molecular flexibility index (Phi) is 3.22. The van der Waals surface area contributed by atoms with Crippen LogP contribution in [0.4, 0.5) is 5.69 Å². The van der Waals surface area contributed by atoms with Gasteiger partial charge in [-0.25, -0.2) is 4.98 Å². The molecule has 0 spiro atoms. The van der Waals surface area contributed by atoms with E-state index in [4.69, 9.17) is 0 Å². The lowest BCUT2D eigenvalue weighted by Gasteiger charge is -2.07. The van der Waals surface area contributed by atoms with Crippen LogP contribution in [0.25, 0.3) is 11.0 Å². The summed E-state index contributed by atoms with van der Waals surface area (Å²) in [5, 5.41) is 2.92. The Balaban J connectivity index is 1.87. The van der Waals surface area contributed by atoms with E-state index >= 15 is 0 Å². The van der Waals surface area contributed by atoms with Crippen LogP contribution in [0.3, 0.4) is 0 Å². The summed E-state index contributed by atoms with van der Waals surface area (Å²) in [4.78, 5) is 19.8. The Morgan fingerprint density at radius 1 is 1.05 bits per heavy atom. The van der Waals surface area contributed by atoms with Gasteiger partial charge in [-0.2, -0.15) is 0 Å². The van der Waals surface area contributed by atoms with Gasteiger partial charge in [0, 0.05) is 11.3 Å². The monoisotopic (exact) mass is 279 g/mol. The summed E-state index contributed by atoms with van der Waals surface area (Å²) in [6.45, 7) is 5.98. The molecule has 0 fully saturated rings. The van der Waals surface area contributed by atoms with E-state index in [-0.39, 0.29) is 5.91 Å². The SMILES string of the molecule is Cc1nc2ccc(C(=O)Nc3ccc(C)c(C)c3)cc2[nH]1. The largest absolute Gasteiger partial charge is 0.342 e. The van der Waals surface area contributed by atoms with Crippen molar-refractivity contribution < 1.29 is 4.79 Å². The van der Waals surface area contributed by atoms with Crippen LogP contribution in [0.2, 0.25) is 0 Å². The quantitative estimate of drug-likeness (QED) is 0.750. The van der Waals surface area contributed by atoms with E-state index in [0.717, 1.165) is 28.1 Å². The van der Waals surface area contributed by atoms with Gasteiger partial charge in [-0.15, -0.1) is 0 Å². The molecule has 106 valence electrons. The molecule has 0 aliphatic carbocycles. The number of rotatable bonds is 2. The fourth-order valence-electron chi connectivity index (χ4n) is 2.30. The predicted molar refractivity (Wildman–Crippen MR) is 84.7 cm³/mol. The van der Waals surface area contributed by atoms with E-state index in [1.165, 1.54) is 5.56 Å². The zero-order chi connectivity index (χ0) is 15.0. The molecule has 4 nitrogen and oxygen atoms in total. The van der Waals surface area contributed by atoms with E-state index in [1.54, 1.807) is 6.07 Å². The molecule has 2 aromatic carbocycles. The summed E-state index contributed by atoms with van der Waals surface area (Å²) in [6.07, 6.45) is 0. The summed E-state index contributed by atoms with van der Waals surface area (Å²) in [5.41, 5.74) is 5.54. The van der Waals surface area contributed by atoms with Gasteiger partial charge in [0.2, 0.25) is 0 Å². The van der Waals surface area contributed by atoms with Crippen molar-refractivity contribution in [3.8, 4) is 0 Å². The number of carbonyl (C=O) groups is 1. The highest BCUT2D eigenvalue weighted by molar-refractivity contribution is 6.05. The van der Waals surface area contributed by atoms with Crippen LogP contribution in [0.1, 0.15) is 27.3 Å². The zero-order valence-electron chi connectivity index (χ0n) is 12.3. The summed E-state index contributed by atoms with van der Waals surface area (Å²) in [5.74, 6) is 0.726. The van der Waals surface area contributed by atoms with Crippen LogP contribution in [-0.2, 0) is 0 Å². The van der Waals surface area contributed by atoms with Gasteiger partial charge >= 0.3 is 0 Å². The molecule has 0 atom stereocenters. The number of amides is 1. The Morgan fingerprint density at radius 2 is 1.86 bits per heavy atom. The molecule has 2 N–H and O–H groups in total. The third-order valence-electron chi connectivity index (χ3n) is 3.63. The third-order valence-corrected chi connectivity index (χ3v) is 3.63. The summed E-state index contributed by atoms with van der Waals surface area (Å²) in [6, 6.07) is 11.4. The summed E-state index contributed by atoms with van der Waals surface area (Å²) < 4.78 is 0. The first kappa shape index (κ1) is 13.4. The van der Waals surface area contributed by atoms with Gasteiger partial charge in [0.05, 0.1) is 11.0 Å². The van der Waals surface area contributed by atoms with Crippen LogP contribution in [-0.4, -0.2) is 15.9 Å². The lowest BCUT2D eigenvalue weighted by molar-refractivity contribution is 0.102. The number of aryl methyl sites for hydroxylation is 3. The van der Waals surface area contributed by atoms with Crippen molar-refractivity contribution in [2.24, 2.45) is 0 Å². The van der Waals surface area contributed by atoms with Crippen LogP contribution in [0.15, 0.2) is 36.4 Å². The van der Waals surface area contributed by atoms with Crippen molar-refractivity contribution >= 4 is 22.6 Å². The molecule has 1 aromatic heterocycles. The third kappa shape index (κ3) is 2.65. The Labute approximate surface area is 123 Å². The Hall–Kier alpha value is -2.62. The van der Waals surface area contributed by atoms with Gasteiger partial charge in [0.25, 0.3) is 5.91 Å². The number of benzene rings is 2. The lowest BCUT2D eigenvalue weighted by Crippen LogP contribution is -2.11. The van der Waals surface area contributed by atoms with Gasteiger partial charge in [-0.05, 0) is 62.2 Å². The first-order valence-electron chi connectivity index (χ1n) is 6.88. The molecule has 0 bridgehead atoms. The van der Waals surface area contributed by atoms with E-state index in [2.05, 4.69) is 22.2 Å². The van der Waals surface area contributed by atoms with Crippen molar-refractivity contribution in [2.75, 3.05) is 5.32 Å². The minimum atomic E-state index is -0.118. The highest BCUT2D eigenvalue weighted by atomic mass is 16.1. The molecule has 3 rings (SSSR count). The van der Waals surface area contributed by atoms with E-state index in [9.17, 15) is 4.79 Å². The molecular weight excluding hydrogens is 262 g/mol. The zero-order valence-corrected chi connectivity index (χ0v) is 12.3. The van der Waals surface area contributed by atoms with Crippen molar-refractivity contribution in [1.29, 1.82) is 0 Å². The summed E-state index contributed by atoms with van der Waals surface area (Å²) >= 11 is 0. The second kappa shape index (κ2) is 5.05. The maximum absolute atomic E-state index is 12.3. The Morgan fingerprint density at radius 3 is 2.62 bits per heavy atom. The average Bonchev–Trinajstić information content (AvgIpc) is 2.82. The Bertz CT molecular complexity index is 833. The topological polar surface area (TPSA) is 57.8 Å². The normalized spacial score (nSPS) is 10.8. The molecule has 21 heavy (non-hydrogen) atoms. The van der Waals surface area contributed by atoms with Crippen molar-refractivity contribution in [3.63, 3.8) is 0 Å². The number of hydrogen-bond donors (Lipinski definition) is 2. The van der Waals surface area contributed by atoms with Crippen LogP contribution in [0, 0.1) is 20.8 Å². The van der Waals surface area contributed by atoms with E-state index in [0.29, 0.717) is 5.56 Å². The predicted octanol–water partition coefficient (Wildman–Crippen LogP) is 3.74. The molecule has 0 aliphatic rings. The second-order valence-corrected chi connectivity index (χ2v) is 5.31. The average molecular weight is 279 g/mol. The minimum absolute atomic E-state index is 0.118. The second-order valence-electron chi connectivity index (χ2n) is 5.31.